The van der Waals surface area contributed by atoms with Gasteiger partial charge in [0.15, 0.2) is 0 Å². The molecule has 0 aromatic heterocycles. The number of benzene rings is 2. The Kier molecular flexibility index (Phi) is 4.48. The van der Waals surface area contributed by atoms with Crippen molar-refractivity contribution in [3.63, 3.8) is 0 Å². The number of anilines is 2. The van der Waals surface area contributed by atoms with Gasteiger partial charge >= 0.3 is 5.97 Å². The summed E-state index contributed by atoms with van der Waals surface area (Å²) in [5, 5.41) is 0. The number of guanidine groups is 1. The monoisotopic (exact) mass is 351 g/mol. The molecule has 0 aliphatic carbocycles. The summed E-state index contributed by atoms with van der Waals surface area (Å²) in [6, 6.07) is 15.4. The fraction of sp³-hybridized carbons (Fsp3) is 0.300. The normalized spacial score (nSPS) is 15.2. The minimum absolute atomic E-state index is 0.347. The van der Waals surface area contributed by atoms with Crippen LogP contribution >= 0.6 is 0 Å². The van der Waals surface area contributed by atoms with Gasteiger partial charge in [0.25, 0.3) is 0 Å². The van der Waals surface area contributed by atoms with E-state index in [9.17, 15) is 4.79 Å². The van der Waals surface area contributed by atoms with Crippen molar-refractivity contribution in [1.29, 1.82) is 0 Å². The van der Waals surface area contributed by atoms with Crippen LogP contribution in [0, 0.1) is 0 Å². The van der Waals surface area contributed by atoms with E-state index in [4.69, 9.17) is 14.5 Å². The third-order valence-electron chi connectivity index (χ3n) is 4.60. The van der Waals surface area contributed by atoms with Gasteiger partial charge in [-0.05, 0) is 42.8 Å². The van der Waals surface area contributed by atoms with Crippen LogP contribution in [-0.2, 0) is 4.74 Å². The van der Waals surface area contributed by atoms with E-state index in [-0.39, 0.29) is 5.97 Å². The lowest BCUT2D eigenvalue weighted by Gasteiger charge is -2.26. The molecule has 0 amide bonds. The van der Waals surface area contributed by atoms with Crippen LogP contribution in [0.4, 0.5) is 11.4 Å². The maximum absolute atomic E-state index is 11.5. The topological polar surface area (TPSA) is 54.4 Å². The molecule has 2 aromatic rings. The number of aliphatic imine (C=N–C) groups is 1. The molecule has 0 unspecified atom stereocenters. The number of carbonyl (C=O) groups excluding carboxylic acids is 1. The molecule has 0 spiro atoms. The van der Waals surface area contributed by atoms with Crippen molar-refractivity contribution in [2.75, 3.05) is 43.2 Å². The first-order chi connectivity index (χ1) is 12.8. The van der Waals surface area contributed by atoms with Crippen molar-refractivity contribution in [2.45, 2.75) is 6.42 Å². The fourth-order valence-electron chi connectivity index (χ4n) is 3.36. The van der Waals surface area contributed by atoms with Crippen LogP contribution in [0.25, 0.3) is 0 Å². The van der Waals surface area contributed by atoms with Gasteiger partial charge in [-0.15, -0.1) is 0 Å². The Bertz CT molecular complexity index is 832. The number of carbonyl (C=O) groups is 1. The maximum Gasteiger partial charge on any atom is 0.337 e. The highest BCUT2D eigenvalue weighted by atomic mass is 16.5. The molecule has 26 heavy (non-hydrogen) atoms. The highest BCUT2D eigenvalue weighted by Gasteiger charge is 2.33. The van der Waals surface area contributed by atoms with Crippen LogP contribution in [0.5, 0.6) is 5.75 Å². The Balaban J connectivity index is 1.43. The van der Waals surface area contributed by atoms with Gasteiger partial charge in [-0.1, -0.05) is 12.1 Å². The van der Waals surface area contributed by atoms with Gasteiger partial charge in [0.2, 0.25) is 5.96 Å². The molecule has 0 atom stereocenters. The third kappa shape index (κ3) is 2.98. The number of ether oxygens (including phenoxy) is 2. The van der Waals surface area contributed by atoms with Crippen molar-refractivity contribution in [1.82, 2.24) is 0 Å². The standard InChI is InChI=1S/C20H21N3O3/c1-25-19(24)15-7-9-16(10-8-15)26-14-13-23-18-6-3-2-5-17(18)22-12-4-11-21-20(22)23/h2-3,5-10H,4,11-14H2,1H3. The molecule has 2 heterocycles. The Morgan fingerprint density at radius 2 is 1.88 bits per heavy atom. The van der Waals surface area contributed by atoms with E-state index in [1.165, 1.54) is 18.5 Å². The van der Waals surface area contributed by atoms with E-state index in [1.807, 2.05) is 0 Å². The average Bonchev–Trinajstić information content (AvgIpc) is 3.02. The highest BCUT2D eigenvalue weighted by Crippen LogP contribution is 2.37. The smallest absolute Gasteiger partial charge is 0.337 e. The molecule has 0 saturated heterocycles. The molecule has 0 radical (unpaired) electrons. The summed E-state index contributed by atoms with van der Waals surface area (Å²) in [6.07, 6.45) is 1.08. The number of para-hydroxylation sites is 2. The molecule has 2 aliphatic rings. The highest BCUT2D eigenvalue weighted by molar-refractivity contribution is 6.16. The fourth-order valence-corrected chi connectivity index (χ4v) is 3.36. The van der Waals surface area contributed by atoms with Crippen molar-refractivity contribution in [2.24, 2.45) is 4.99 Å². The molecule has 2 aromatic carbocycles. The summed E-state index contributed by atoms with van der Waals surface area (Å²) >= 11 is 0. The Morgan fingerprint density at radius 1 is 1.12 bits per heavy atom. The Morgan fingerprint density at radius 3 is 2.65 bits per heavy atom. The summed E-state index contributed by atoms with van der Waals surface area (Å²) in [4.78, 5) is 20.7. The molecule has 6 heteroatoms. The second-order valence-corrected chi connectivity index (χ2v) is 6.19. The lowest BCUT2D eigenvalue weighted by atomic mass is 10.2. The maximum atomic E-state index is 11.5. The van der Waals surface area contributed by atoms with Crippen molar-refractivity contribution >= 4 is 23.3 Å². The van der Waals surface area contributed by atoms with Crippen LogP contribution in [0.3, 0.4) is 0 Å². The third-order valence-corrected chi connectivity index (χ3v) is 4.60. The first-order valence-electron chi connectivity index (χ1n) is 8.77. The Hall–Kier alpha value is -3.02. The van der Waals surface area contributed by atoms with E-state index in [1.54, 1.807) is 24.3 Å². The Labute approximate surface area is 152 Å². The summed E-state index contributed by atoms with van der Waals surface area (Å²) in [5.74, 6) is 1.40. The molecule has 134 valence electrons. The van der Waals surface area contributed by atoms with Gasteiger partial charge in [-0.2, -0.15) is 0 Å². The molecule has 6 nitrogen and oxygen atoms in total. The second kappa shape index (κ2) is 7.07. The van der Waals surface area contributed by atoms with E-state index >= 15 is 0 Å². The van der Waals surface area contributed by atoms with Crippen LogP contribution in [0.1, 0.15) is 16.8 Å². The summed E-state index contributed by atoms with van der Waals surface area (Å²) in [7, 11) is 1.37. The minimum Gasteiger partial charge on any atom is -0.492 e. The lowest BCUT2D eigenvalue weighted by Crippen LogP contribution is -2.43. The van der Waals surface area contributed by atoms with E-state index in [0.717, 1.165) is 31.2 Å². The van der Waals surface area contributed by atoms with Crippen LogP contribution in [0.15, 0.2) is 53.5 Å². The lowest BCUT2D eigenvalue weighted by molar-refractivity contribution is 0.0600. The number of esters is 1. The van der Waals surface area contributed by atoms with Gasteiger partial charge in [0.05, 0.1) is 30.6 Å². The molecule has 0 bridgehead atoms. The van der Waals surface area contributed by atoms with E-state index in [2.05, 4.69) is 34.1 Å². The van der Waals surface area contributed by atoms with Crippen molar-refractivity contribution < 1.29 is 14.3 Å². The van der Waals surface area contributed by atoms with Crippen LogP contribution < -0.4 is 14.5 Å². The molecule has 0 N–H and O–H groups in total. The molecule has 0 fully saturated rings. The largest absolute Gasteiger partial charge is 0.492 e. The molecular formula is C20H21N3O3. The number of rotatable bonds is 5. The number of hydrogen-bond donors (Lipinski definition) is 0. The summed E-state index contributed by atoms with van der Waals surface area (Å²) in [5.41, 5.74) is 2.91. The van der Waals surface area contributed by atoms with Gasteiger partial charge in [-0.3, -0.25) is 4.99 Å². The van der Waals surface area contributed by atoms with Gasteiger partial charge < -0.3 is 19.3 Å². The van der Waals surface area contributed by atoms with Gasteiger partial charge in [-0.25, -0.2) is 4.79 Å². The number of fused-ring (bicyclic) bond motifs is 3. The van der Waals surface area contributed by atoms with Crippen LogP contribution in [-0.4, -0.2) is 45.3 Å². The summed E-state index contributed by atoms with van der Waals surface area (Å²) in [6.45, 7) is 3.11. The second-order valence-electron chi connectivity index (χ2n) is 6.19. The quantitative estimate of drug-likeness (QED) is 0.775. The average molecular weight is 351 g/mol. The van der Waals surface area contributed by atoms with Crippen LogP contribution in [0.2, 0.25) is 0 Å². The zero-order chi connectivity index (χ0) is 17.9. The first-order valence-corrected chi connectivity index (χ1v) is 8.77. The first kappa shape index (κ1) is 16.4. The molecular weight excluding hydrogens is 330 g/mol. The van der Waals surface area contributed by atoms with E-state index < -0.39 is 0 Å². The van der Waals surface area contributed by atoms with Gasteiger partial charge in [0, 0.05) is 13.1 Å². The SMILES string of the molecule is COC(=O)c1ccc(OCCN2C3=NCCCN3c3ccccc32)cc1. The van der Waals surface area contributed by atoms with Crippen molar-refractivity contribution in [3.8, 4) is 5.75 Å². The molecule has 0 saturated carbocycles. The number of methoxy groups -OCH3 is 1. The van der Waals surface area contributed by atoms with Crippen molar-refractivity contribution in [3.05, 3.63) is 54.1 Å². The predicted molar refractivity (Wildman–Crippen MR) is 101 cm³/mol. The van der Waals surface area contributed by atoms with Gasteiger partial charge in [0.1, 0.15) is 12.4 Å². The number of nitrogens with zero attached hydrogens (tertiary/aromatic N) is 3. The molecule has 4 rings (SSSR count). The summed E-state index contributed by atoms with van der Waals surface area (Å²) < 4.78 is 10.6. The minimum atomic E-state index is -0.347. The zero-order valence-corrected chi connectivity index (χ0v) is 14.7. The number of hydrogen-bond acceptors (Lipinski definition) is 6. The molecule has 2 aliphatic heterocycles. The predicted octanol–water partition coefficient (Wildman–Crippen LogP) is 2.94. The van der Waals surface area contributed by atoms with E-state index in [0.29, 0.717) is 18.7 Å². The zero-order valence-electron chi connectivity index (χ0n) is 14.7.